The van der Waals surface area contributed by atoms with E-state index < -0.39 is 5.97 Å². The number of esters is 1. The van der Waals surface area contributed by atoms with Crippen molar-refractivity contribution in [2.75, 3.05) is 6.61 Å². The number of hydrogen-bond donors (Lipinski definition) is 1. The molecule has 0 saturated heterocycles. The van der Waals surface area contributed by atoms with E-state index in [0.717, 1.165) is 21.5 Å². The summed E-state index contributed by atoms with van der Waals surface area (Å²) >= 11 is 0. The first kappa shape index (κ1) is 16.8. The van der Waals surface area contributed by atoms with E-state index in [1.165, 1.54) is 6.07 Å². The second-order valence-electron chi connectivity index (χ2n) is 6.28. The summed E-state index contributed by atoms with van der Waals surface area (Å²) in [5.74, 6) is -1.20. The standard InChI is InChI=1S/C23H16O4/c24-21-13-18-8-4-3-7-17(18)12-20(21)23(26)27-14-22(25)19-10-9-15-5-1-2-6-16(15)11-19/h1-13,24H,14H2. The number of ketones is 1. The summed E-state index contributed by atoms with van der Waals surface area (Å²) in [6, 6.07) is 23.5. The fourth-order valence-corrected chi connectivity index (χ4v) is 3.05. The van der Waals surface area contributed by atoms with E-state index in [9.17, 15) is 14.7 Å². The molecular formula is C23H16O4. The molecule has 0 aliphatic carbocycles. The Morgan fingerprint density at radius 3 is 2.04 bits per heavy atom. The summed E-state index contributed by atoms with van der Waals surface area (Å²) in [4.78, 5) is 24.7. The van der Waals surface area contributed by atoms with E-state index in [1.807, 2.05) is 54.6 Å². The third-order valence-electron chi connectivity index (χ3n) is 4.49. The van der Waals surface area contributed by atoms with Crippen molar-refractivity contribution in [3.63, 3.8) is 0 Å². The number of aromatic hydroxyl groups is 1. The summed E-state index contributed by atoms with van der Waals surface area (Å²) < 4.78 is 5.14. The van der Waals surface area contributed by atoms with Crippen LogP contribution < -0.4 is 0 Å². The first-order valence-electron chi connectivity index (χ1n) is 8.53. The molecule has 4 heteroatoms. The third-order valence-corrected chi connectivity index (χ3v) is 4.49. The maximum atomic E-state index is 12.4. The van der Waals surface area contributed by atoms with Crippen molar-refractivity contribution < 1.29 is 19.4 Å². The minimum atomic E-state index is -0.729. The highest BCUT2D eigenvalue weighted by molar-refractivity contribution is 6.03. The highest BCUT2D eigenvalue weighted by Crippen LogP contribution is 2.25. The fourth-order valence-electron chi connectivity index (χ4n) is 3.05. The van der Waals surface area contributed by atoms with Gasteiger partial charge >= 0.3 is 5.97 Å². The average Bonchev–Trinajstić information content (AvgIpc) is 2.70. The summed E-state index contributed by atoms with van der Waals surface area (Å²) in [6.07, 6.45) is 0. The second-order valence-corrected chi connectivity index (χ2v) is 6.28. The van der Waals surface area contributed by atoms with E-state index in [-0.39, 0.29) is 23.7 Å². The maximum Gasteiger partial charge on any atom is 0.342 e. The average molecular weight is 356 g/mol. The van der Waals surface area contributed by atoms with E-state index >= 15 is 0 Å². The van der Waals surface area contributed by atoms with Crippen molar-refractivity contribution in [3.05, 3.63) is 90.0 Å². The zero-order valence-corrected chi connectivity index (χ0v) is 14.4. The SMILES string of the molecule is O=C(COC(=O)c1cc2ccccc2cc1O)c1ccc2ccccc2c1. The largest absolute Gasteiger partial charge is 0.507 e. The van der Waals surface area contributed by atoms with Crippen LogP contribution in [0.1, 0.15) is 20.7 Å². The molecule has 1 N–H and O–H groups in total. The zero-order valence-electron chi connectivity index (χ0n) is 14.4. The van der Waals surface area contributed by atoms with E-state index in [4.69, 9.17) is 4.74 Å². The topological polar surface area (TPSA) is 63.6 Å². The minimum Gasteiger partial charge on any atom is -0.507 e. The van der Waals surface area contributed by atoms with Gasteiger partial charge in [-0.2, -0.15) is 0 Å². The van der Waals surface area contributed by atoms with Gasteiger partial charge in [0.2, 0.25) is 0 Å². The van der Waals surface area contributed by atoms with Crippen molar-refractivity contribution in [3.8, 4) is 5.75 Å². The number of carbonyl (C=O) groups is 2. The summed E-state index contributed by atoms with van der Waals surface area (Å²) in [7, 11) is 0. The van der Waals surface area contributed by atoms with Gasteiger partial charge in [0.25, 0.3) is 0 Å². The molecule has 4 rings (SSSR count). The van der Waals surface area contributed by atoms with Gasteiger partial charge < -0.3 is 9.84 Å². The lowest BCUT2D eigenvalue weighted by atomic mass is 10.0. The van der Waals surface area contributed by atoms with Crippen LogP contribution in [0.2, 0.25) is 0 Å². The molecule has 0 atom stereocenters. The van der Waals surface area contributed by atoms with Crippen LogP contribution in [-0.4, -0.2) is 23.5 Å². The van der Waals surface area contributed by atoms with Crippen LogP contribution in [0.15, 0.2) is 78.9 Å². The van der Waals surface area contributed by atoms with Crippen LogP contribution in [0, 0.1) is 0 Å². The normalized spacial score (nSPS) is 10.8. The van der Waals surface area contributed by atoms with Crippen molar-refractivity contribution >= 4 is 33.3 Å². The third kappa shape index (κ3) is 3.37. The molecule has 0 aliphatic rings. The molecule has 0 amide bonds. The van der Waals surface area contributed by atoms with Gasteiger partial charge in [-0.25, -0.2) is 4.79 Å². The molecule has 4 nitrogen and oxygen atoms in total. The Kier molecular flexibility index (Phi) is 4.30. The van der Waals surface area contributed by atoms with Crippen LogP contribution >= 0.6 is 0 Å². The van der Waals surface area contributed by atoms with Crippen LogP contribution in [0.5, 0.6) is 5.75 Å². The second kappa shape index (κ2) is 6.92. The van der Waals surface area contributed by atoms with Crippen molar-refractivity contribution in [1.29, 1.82) is 0 Å². The van der Waals surface area contributed by atoms with Crippen molar-refractivity contribution in [1.82, 2.24) is 0 Å². The van der Waals surface area contributed by atoms with Gasteiger partial charge in [-0.05, 0) is 39.7 Å². The molecule has 0 radical (unpaired) electrons. The Hall–Kier alpha value is -3.66. The number of hydrogen-bond acceptors (Lipinski definition) is 4. The van der Waals surface area contributed by atoms with Gasteiger partial charge in [0.15, 0.2) is 12.4 Å². The predicted octanol–water partition coefficient (Wildman–Crippen LogP) is 4.74. The molecule has 0 saturated carbocycles. The highest BCUT2D eigenvalue weighted by atomic mass is 16.5. The number of phenolic OH excluding ortho intramolecular Hbond substituents is 1. The number of Topliss-reactive ketones (excluding diaryl/α,β-unsaturated/α-hetero) is 1. The molecule has 0 fully saturated rings. The van der Waals surface area contributed by atoms with Crippen LogP contribution in [-0.2, 0) is 4.74 Å². The number of ether oxygens (including phenoxy) is 1. The number of rotatable bonds is 4. The summed E-state index contributed by atoms with van der Waals surface area (Å²) in [5, 5.41) is 13.7. The summed E-state index contributed by atoms with van der Waals surface area (Å²) in [6.45, 7) is -0.385. The quantitative estimate of drug-likeness (QED) is 0.424. The molecule has 0 bridgehead atoms. The van der Waals surface area contributed by atoms with Crippen LogP contribution in [0.3, 0.4) is 0 Å². The van der Waals surface area contributed by atoms with Gasteiger partial charge in [0.1, 0.15) is 11.3 Å². The Morgan fingerprint density at radius 1 is 0.741 bits per heavy atom. The molecular weight excluding hydrogens is 340 g/mol. The smallest absolute Gasteiger partial charge is 0.342 e. The lowest BCUT2D eigenvalue weighted by molar-refractivity contribution is 0.0472. The van der Waals surface area contributed by atoms with Crippen molar-refractivity contribution in [2.45, 2.75) is 0 Å². The Balaban J connectivity index is 1.51. The van der Waals surface area contributed by atoms with Gasteiger partial charge in [-0.3, -0.25) is 4.79 Å². The number of carbonyl (C=O) groups excluding carboxylic acids is 2. The van der Waals surface area contributed by atoms with Crippen LogP contribution in [0.25, 0.3) is 21.5 Å². The van der Waals surface area contributed by atoms with E-state index in [0.29, 0.717) is 5.56 Å². The van der Waals surface area contributed by atoms with Crippen molar-refractivity contribution in [2.24, 2.45) is 0 Å². The van der Waals surface area contributed by atoms with Gasteiger partial charge in [0.05, 0.1) is 0 Å². The zero-order chi connectivity index (χ0) is 18.8. The summed E-state index contributed by atoms with van der Waals surface area (Å²) in [5.41, 5.74) is 0.518. The number of fused-ring (bicyclic) bond motifs is 2. The monoisotopic (exact) mass is 356 g/mol. The van der Waals surface area contributed by atoms with Gasteiger partial charge in [-0.15, -0.1) is 0 Å². The van der Waals surface area contributed by atoms with Crippen LogP contribution in [0.4, 0.5) is 0 Å². The lowest BCUT2D eigenvalue weighted by Crippen LogP contribution is -2.14. The maximum absolute atomic E-state index is 12.4. The van der Waals surface area contributed by atoms with E-state index in [2.05, 4.69) is 0 Å². The fraction of sp³-hybridized carbons (Fsp3) is 0.0435. The predicted molar refractivity (Wildman–Crippen MR) is 104 cm³/mol. The van der Waals surface area contributed by atoms with E-state index in [1.54, 1.807) is 18.2 Å². The molecule has 0 aliphatic heterocycles. The molecule has 0 heterocycles. The minimum absolute atomic E-state index is 0.0417. The molecule has 132 valence electrons. The lowest BCUT2D eigenvalue weighted by Gasteiger charge is -2.08. The molecule has 0 unspecified atom stereocenters. The molecule has 0 spiro atoms. The first-order valence-corrected chi connectivity index (χ1v) is 8.53. The molecule has 4 aromatic rings. The molecule has 0 aromatic heterocycles. The molecule has 27 heavy (non-hydrogen) atoms. The Bertz CT molecular complexity index is 1180. The first-order chi connectivity index (χ1) is 13.1. The number of benzene rings is 4. The van der Waals surface area contributed by atoms with Gasteiger partial charge in [0, 0.05) is 5.56 Å². The Labute approximate surface area is 155 Å². The number of phenols is 1. The highest BCUT2D eigenvalue weighted by Gasteiger charge is 2.16. The Morgan fingerprint density at radius 2 is 1.33 bits per heavy atom. The van der Waals surface area contributed by atoms with Gasteiger partial charge in [-0.1, -0.05) is 60.7 Å². The molecule has 4 aromatic carbocycles.